The largest absolute Gasteiger partial charge is 0.354 e. The topological polar surface area (TPSA) is 95.2 Å². The molecule has 1 aliphatic heterocycles. The van der Waals surface area contributed by atoms with E-state index in [4.69, 9.17) is 0 Å². The summed E-state index contributed by atoms with van der Waals surface area (Å²) in [6.07, 6.45) is 2.19. The molecule has 0 fully saturated rings. The second kappa shape index (κ2) is 7.69. The minimum absolute atomic E-state index is 0.301. The van der Waals surface area contributed by atoms with Crippen LogP contribution in [0.3, 0.4) is 0 Å². The SMILES string of the molecule is O=C(CN1C(=O)c2ccc(Br)cc2C1=O)NCCc1[nH]cnc1-c1cccs1. The Balaban J connectivity index is 1.34. The van der Waals surface area contributed by atoms with Gasteiger partial charge in [0, 0.05) is 23.1 Å². The predicted octanol–water partition coefficient (Wildman–Crippen LogP) is 2.86. The number of aromatic amines is 1. The number of imidazole rings is 1. The Morgan fingerprint density at radius 3 is 2.82 bits per heavy atom. The minimum Gasteiger partial charge on any atom is -0.354 e. The maximum atomic E-state index is 12.4. The molecule has 3 aromatic rings. The van der Waals surface area contributed by atoms with E-state index >= 15 is 0 Å². The molecule has 1 aliphatic rings. The maximum Gasteiger partial charge on any atom is 0.262 e. The third kappa shape index (κ3) is 3.50. The summed E-state index contributed by atoms with van der Waals surface area (Å²) in [5.74, 6) is -1.29. The monoisotopic (exact) mass is 458 g/mol. The van der Waals surface area contributed by atoms with Gasteiger partial charge in [-0.15, -0.1) is 11.3 Å². The van der Waals surface area contributed by atoms with Gasteiger partial charge in [-0.2, -0.15) is 0 Å². The van der Waals surface area contributed by atoms with Gasteiger partial charge in [0.15, 0.2) is 0 Å². The molecule has 0 radical (unpaired) electrons. The van der Waals surface area contributed by atoms with Crippen molar-refractivity contribution in [2.24, 2.45) is 0 Å². The average molecular weight is 459 g/mol. The first-order chi connectivity index (χ1) is 13.5. The van der Waals surface area contributed by atoms with Crippen molar-refractivity contribution in [3.05, 3.63) is 63.3 Å². The van der Waals surface area contributed by atoms with Crippen molar-refractivity contribution in [3.8, 4) is 10.6 Å². The quantitative estimate of drug-likeness (QED) is 0.555. The molecule has 0 saturated heterocycles. The Hall–Kier alpha value is -2.78. The standard InChI is InChI=1S/C19H15BrN4O3S/c20-11-3-4-12-13(8-11)19(27)24(18(12)26)9-16(25)21-6-5-14-17(23-10-22-14)15-2-1-7-28-15/h1-4,7-8,10H,5-6,9H2,(H,21,25)(H,22,23). The van der Waals surface area contributed by atoms with E-state index in [1.54, 1.807) is 35.9 Å². The molecule has 3 amide bonds. The summed E-state index contributed by atoms with van der Waals surface area (Å²) in [6.45, 7) is 0.0683. The first kappa shape index (κ1) is 18.6. The van der Waals surface area contributed by atoms with E-state index in [0.717, 1.165) is 21.2 Å². The van der Waals surface area contributed by atoms with Crippen LogP contribution in [0.4, 0.5) is 0 Å². The molecule has 9 heteroatoms. The van der Waals surface area contributed by atoms with E-state index in [2.05, 4.69) is 31.2 Å². The van der Waals surface area contributed by atoms with Crippen LogP contribution in [-0.2, 0) is 11.2 Å². The molecule has 4 rings (SSSR count). The van der Waals surface area contributed by atoms with E-state index < -0.39 is 11.8 Å². The Morgan fingerprint density at radius 2 is 2.04 bits per heavy atom. The van der Waals surface area contributed by atoms with Crippen LogP contribution in [0.5, 0.6) is 0 Å². The van der Waals surface area contributed by atoms with Gasteiger partial charge in [-0.3, -0.25) is 19.3 Å². The van der Waals surface area contributed by atoms with Crippen molar-refractivity contribution in [2.75, 3.05) is 13.1 Å². The van der Waals surface area contributed by atoms with Gasteiger partial charge in [0.1, 0.15) is 12.2 Å². The van der Waals surface area contributed by atoms with Crippen molar-refractivity contribution in [2.45, 2.75) is 6.42 Å². The summed E-state index contributed by atoms with van der Waals surface area (Å²) in [4.78, 5) is 46.5. The number of halogens is 1. The van der Waals surface area contributed by atoms with Crippen molar-refractivity contribution in [1.29, 1.82) is 0 Å². The zero-order valence-corrected chi connectivity index (χ0v) is 17.0. The number of carbonyl (C=O) groups excluding carboxylic acids is 3. The predicted molar refractivity (Wildman–Crippen MR) is 108 cm³/mol. The zero-order valence-electron chi connectivity index (χ0n) is 14.6. The summed E-state index contributed by atoms with van der Waals surface area (Å²) in [5.41, 5.74) is 2.42. The fraction of sp³-hybridized carbons (Fsp3) is 0.158. The first-order valence-corrected chi connectivity index (χ1v) is 10.2. The number of rotatable bonds is 6. The molecule has 28 heavy (non-hydrogen) atoms. The van der Waals surface area contributed by atoms with Gasteiger partial charge in [-0.1, -0.05) is 22.0 Å². The van der Waals surface area contributed by atoms with Crippen LogP contribution in [0.15, 0.2) is 46.5 Å². The van der Waals surface area contributed by atoms with Crippen molar-refractivity contribution >= 4 is 45.0 Å². The molecule has 1 aromatic carbocycles. The number of hydrogen-bond donors (Lipinski definition) is 2. The summed E-state index contributed by atoms with van der Waals surface area (Å²) < 4.78 is 0.708. The highest BCUT2D eigenvalue weighted by atomic mass is 79.9. The number of benzene rings is 1. The fourth-order valence-corrected chi connectivity index (χ4v) is 4.18. The Morgan fingerprint density at radius 1 is 1.21 bits per heavy atom. The van der Waals surface area contributed by atoms with Crippen LogP contribution in [0.1, 0.15) is 26.4 Å². The third-order valence-electron chi connectivity index (χ3n) is 4.40. The van der Waals surface area contributed by atoms with Gasteiger partial charge in [0.25, 0.3) is 11.8 Å². The van der Waals surface area contributed by atoms with Gasteiger partial charge in [-0.25, -0.2) is 4.98 Å². The molecule has 2 aromatic heterocycles. The molecule has 142 valence electrons. The number of hydrogen-bond acceptors (Lipinski definition) is 5. The Bertz CT molecular complexity index is 1060. The van der Waals surface area contributed by atoms with Crippen molar-refractivity contribution in [1.82, 2.24) is 20.2 Å². The van der Waals surface area contributed by atoms with Crippen LogP contribution >= 0.6 is 27.3 Å². The number of H-pyrrole nitrogens is 1. The number of nitrogens with zero attached hydrogens (tertiary/aromatic N) is 2. The maximum absolute atomic E-state index is 12.4. The molecule has 3 heterocycles. The van der Waals surface area contributed by atoms with E-state index in [1.807, 2.05) is 17.5 Å². The second-order valence-corrected chi connectivity index (χ2v) is 8.06. The van der Waals surface area contributed by atoms with Crippen molar-refractivity contribution < 1.29 is 14.4 Å². The molecule has 7 nitrogen and oxygen atoms in total. The van der Waals surface area contributed by atoms with Gasteiger partial charge in [-0.05, 0) is 29.6 Å². The van der Waals surface area contributed by atoms with Crippen LogP contribution in [0, 0.1) is 0 Å². The first-order valence-electron chi connectivity index (χ1n) is 8.53. The fourth-order valence-electron chi connectivity index (χ4n) is 3.07. The highest BCUT2D eigenvalue weighted by Gasteiger charge is 2.36. The lowest BCUT2D eigenvalue weighted by atomic mass is 10.1. The summed E-state index contributed by atoms with van der Waals surface area (Å²) in [5, 5.41) is 4.74. The van der Waals surface area contributed by atoms with Gasteiger partial charge >= 0.3 is 0 Å². The zero-order chi connectivity index (χ0) is 19.7. The normalized spacial score (nSPS) is 13.1. The number of thiophene rings is 1. The molecule has 0 atom stereocenters. The van der Waals surface area contributed by atoms with Crippen molar-refractivity contribution in [3.63, 3.8) is 0 Å². The van der Waals surface area contributed by atoms with Gasteiger partial charge < -0.3 is 10.3 Å². The number of carbonyl (C=O) groups is 3. The molecule has 0 aliphatic carbocycles. The molecular formula is C19H15BrN4O3S. The van der Waals surface area contributed by atoms with E-state index in [-0.39, 0.29) is 12.5 Å². The van der Waals surface area contributed by atoms with Gasteiger partial charge in [0.2, 0.25) is 5.91 Å². The van der Waals surface area contributed by atoms with Crippen LogP contribution in [0.25, 0.3) is 10.6 Å². The van der Waals surface area contributed by atoms with E-state index in [9.17, 15) is 14.4 Å². The Kier molecular flexibility index (Phi) is 5.10. The summed E-state index contributed by atoms with van der Waals surface area (Å²) >= 11 is 4.88. The van der Waals surface area contributed by atoms with Crippen LogP contribution in [-0.4, -0.2) is 45.7 Å². The molecule has 0 saturated carbocycles. The van der Waals surface area contributed by atoms with Crippen LogP contribution in [0.2, 0.25) is 0 Å². The summed E-state index contributed by atoms with van der Waals surface area (Å²) in [6, 6.07) is 8.83. The molecule has 0 bridgehead atoms. The van der Waals surface area contributed by atoms with E-state index in [1.165, 1.54) is 0 Å². The number of nitrogens with one attached hydrogen (secondary N) is 2. The Labute approximate surface area is 172 Å². The number of amides is 3. The van der Waals surface area contributed by atoms with Crippen LogP contribution < -0.4 is 5.32 Å². The number of aromatic nitrogens is 2. The molecule has 0 spiro atoms. The smallest absolute Gasteiger partial charge is 0.262 e. The minimum atomic E-state index is -0.454. The third-order valence-corrected chi connectivity index (χ3v) is 5.77. The molecule has 2 N–H and O–H groups in total. The lowest BCUT2D eigenvalue weighted by Crippen LogP contribution is -2.40. The lowest BCUT2D eigenvalue weighted by Gasteiger charge is -2.13. The highest BCUT2D eigenvalue weighted by Crippen LogP contribution is 2.26. The van der Waals surface area contributed by atoms with E-state index in [0.29, 0.717) is 28.6 Å². The lowest BCUT2D eigenvalue weighted by molar-refractivity contribution is -0.121. The molecule has 0 unspecified atom stereocenters. The number of fused-ring (bicyclic) bond motifs is 1. The second-order valence-electron chi connectivity index (χ2n) is 6.19. The molecular weight excluding hydrogens is 444 g/mol. The number of imide groups is 1. The highest BCUT2D eigenvalue weighted by molar-refractivity contribution is 9.10. The summed E-state index contributed by atoms with van der Waals surface area (Å²) in [7, 11) is 0. The average Bonchev–Trinajstić information content (AvgIpc) is 3.39. The van der Waals surface area contributed by atoms with Gasteiger partial charge in [0.05, 0.1) is 22.3 Å².